The van der Waals surface area contributed by atoms with Crippen molar-refractivity contribution in [2.75, 3.05) is 5.75 Å². The molecule has 1 aliphatic rings. The maximum Gasteiger partial charge on any atom is 0.278 e. The lowest BCUT2D eigenvalue weighted by Gasteiger charge is -2.17. The van der Waals surface area contributed by atoms with Crippen molar-refractivity contribution < 1.29 is 4.79 Å². The second-order valence-electron chi connectivity index (χ2n) is 7.26. The molecule has 1 N–H and O–H groups in total. The van der Waals surface area contributed by atoms with E-state index in [2.05, 4.69) is 5.32 Å². The zero-order valence-electron chi connectivity index (χ0n) is 16.1. The first kappa shape index (κ1) is 19.2. The van der Waals surface area contributed by atoms with E-state index in [0.29, 0.717) is 29.1 Å². The van der Waals surface area contributed by atoms with Gasteiger partial charge in [-0.3, -0.25) is 14.2 Å². The average Bonchev–Trinajstić information content (AvgIpc) is 3.07. The molecule has 152 valence electrons. The fourth-order valence-electron chi connectivity index (χ4n) is 3.85. The molecule has 4 aromatic rings. The number of halogens is 1. The van der Waals surface area contributed by atoms with E-state index in [1.807, 2.05) is 36.4 Å². The van der Waals surface area contributed by atoms with Crippen molar-refractivity contribution in [1.82, 2.24) is 19.4 Å². The van der Waals surface area contributed by atoms with E-state index in [1.165, 1.54) is 0 Å². The molecule has 1 aliphatic heterocycles. The molecular weight excluding hydrogens is 420 g/mol. The fraction of sp³-hybridized carbons (Fsp3) is 0.227. The van der Waals surface area contributed by atoms with E-state index in [9.17, 15) is 9.59 Å². The number of benzene rings is 2. The Bertz CT molecular complexity index is 1330. The average molecular weight is 439 g/mol. The van der Waals surface area contributed by atoms with E-state index < -0.39 is 0 Å². The molecule has 3 heterocycles. The van der Waals surface area contributed by atoms with Gasteiger partial charge in [-0.15, -0.1) is 0 Å². The number of nitrogens with one attached hydrogen (secondary N) is 1. The number of hydrogen-bond acceptors (Lipinski definition) is 4. The van der Waals surface area contributed by atoms with Gasteiger partial charge in [0.15, 0.2) is 5.16 Å². The van der Waals surface area contributed by atoms with Gasteiger partial charge < -0.3 is 9.88 Å². The van der Waals surface area contributed by atoms with Crippen molar-refractivity contribution in [2.24, 2.45) is 0 Å². The van der Waals surface area contributed by atoms with Gasteiger partial charge in [-0.1, -0.05) is 53.7 Å². The molecule has 0 saturated carbocycles. The second-order valence-corrected chi connectivity index (χ2v) is 8.76. The molecule has 5 rings (SSSR count). The molecule has 0 unspecified atom stereocenters. The van der Waals surface area contributed by atoms with Crippen LogP contribution in [0.4, 0.5) is 0 Å². The number of hydrogen-bond donors (Lipinski definition) is 1. The summed E-state index contributed by atoms with van der Waals surface area (Å²) in [6.45, 7) is 1.12. The van der Waals surface area contributed by atoms with Gasteiger partial charge in [-0.05, 0) is 30.2 Å². The van der Waals surface area contributed by atoms with Crippen molar-refractivity contribution in [3.63, 3.8) is 0 Å². The normalized spacial score (nSPS) is 13.5. The minimum Gasteiger partial charge on any atom is -0.350 e. The first-order valence-corrected chi connectivity index (χ1v) is 11.1. The number of carbonyl (C=O) groups excluding carboxylic acids is 1. The molecule has 0 bridgehead atoms. The molecule has 0 radical (unpaired) electrons. The molecule has 0 saturated heterocycles. The zero-order valence-corrected chi connectivity index (χ0v) is 17.7. The highest BCUT2D eigenvalue weighted by molar-refractivity contribution is 7.99. The largest absolute Gasteiger partial charge is 0.350 e. The van der Waals surface area contributed by atoms with Gasteiger partial charge in [-0.2, -0.15) is 0 Å². The van der Waals surface area contributed by atoms with Crippen LogP contribution >= 0.6 is 23.4 Å². The molecule has 1 amide bonds. The molecular formula is C22H19ClN4O2S. The van der Waals surface area contributed by atoms with E-state index in [4.69, 9.17) is 16.6 Å². The highest BCUT2D eigenvalue weighted by Crippen LogP contribution is 2.29. The van der Waals surface area contributed by atoms with Gasteiger partial charge in [0, 0.05) is 29.3 Å². The quantitative estimate of drug-likeness (QED) is 0.492. The lowest BCUT2D eigenvalue weighted by atomic mass is 10.2. The van der Waals surface area contributed by atoms with Crippen molar-refractivity contribution in [3.8, 4) is 0 Å². The Morgan fingerprint density at radius 3 is 2.80 bits per heavy atom. The first-order valence-electron chi connectivity index (χ1n) is 9.77. The molecule has 0 spiro atoms. The number of aromatic nitrogens is 3. The van der Waals surface area contributed by atoms with E-state index in [1.54, 1.807) is 33.0 Å². The summed E-state index contributed by atoms with van der Waals surface area (Å²) in [5, 5.41) is 5.24. The zero-order chi connectivity index (χ0) is 20.7. The molecule has 2 aromatic heterocycles. The van der Waals surface area contributed by atoms with Crippen LogP contribution in [0, 0.1) is 0 Å². The van der Waals surface area contributed by atoms with Crippen LogP contribution in [0.15, 0.2) is 58.5 Å². The molecule has 0 aliphatic carbocycles. The summed E-state index contributed by atoms with van der Waals surface area (Å²) < 4.78 is 3.53. The van der Waals surface area contributed by atoms with Crippen LogP contribution in [0.3, 0.4) is 0 Å². The number of thioether (sulfide) groups is 1. The van der Waals surface area contributed by atoms with Gasteiger partial charge in [-0.25, -0.2) is 4.98 Å². The first-order chi connectivity index (χ1) is 14.6. The summed E-state index contributed by atoms with van der Waals surface area (Å²) in [6, 6.07) is 15.1. The standard InChI is InChI=1S/C22H19ClN4O2S/c23-15-8-6-14(7-9-15)12-24-18(28)13-27-17-5-2-1-4-16(17)19-20(27)21(29)26-10-3-11-30-22(26)25-19/h1-2,4-9H,3,10-13H2,(H,24,28). The number of amides is 1. The monoisotopic (exact) mass is 438 g/mol. The van der Waals surface area contributed by atoms with Gasteiger partial charge in [0.1, 0.15) is 17.6 Å². The van der Waals surface area contributed by atoms with Crippen LogP contribution < -0.4 is 10.9 Å². The summed E-state index contributed by atoms with van der Waals surface area (Å²) >= 11 is 7.53. The fourth-order valence-corrected chi connectivity index (χ4v) is 4.91. The van der Waals surface area contributed by atoms with Crippen LogP contribution in [0.2, 0.25) is 5.02 Å². The summed E-state index contributed by atoms with van der Waals surface area (Å²) in [5.41, 5.74) is 2.88. The Balaban J connectivity index is 1.53. The molecule has 6 nitrogen and oxygen atoms in total. The van der Waals surface area contributed by atoms with Crippen LogP contribution in [-0.4, -0.2) is 25.8 Å². The summed E-state index contributed by atoms with van der Waals surface area (Å²) in [7, 11) is 0. The number of carbonyl (C=O) groups is 1. The van der Waals surface area contributed by atoms with Crippen LogP contribution in [-0.2, 0) is 24.4 Å². The van der Waals surface area contributed by atoms with E-state index in [-0.39, 0.29) is 18.0 Å². The van der Waals surface area contributed by atoms with Crippen molar-refractivity contribution in [2.45, 2.75) is 31.2 Å². The van der Waals surface area contributed by atoms with Crippen molar-refractivity contribution in [3.05, 3.63) is 69.5 Å². The van der Waals surface area contributed by atoms with Gasteiger partial charge in [0.05, 0.1) is 5.52 Å². The number of para-hydroxylation sites is 1. The molecule has 0 fully saturated rings. The number of fused-ring (bicyclic) bond motifs is 4. The maximum absolute atomic E-state index is 13.3. The molecule has 2 aromatic carbocycles. The predicted molar refractivity (Wildman–Crippen MR) is 120 cm³/mol. The molecule has 30 heavy (non-hydrogen) atoms. The van der Waals surface area contributed by atoms with Crippen molar-refractivity contribution in [1.29, 1.82) is 0 Å². The Labute approximate surface area is 181 Å². The molecule has 8 heteroatoms. The van der Waals surface area contributed by atoms with Gasteiger partial charge in [0.25, 0.3) is 5.56 Å². The third-order valence-corrected chi connectivity index (χ3v) is 6.61. The lowest BCUT2D eigenvalue weighted by Crippen LogP contribution is -2.30. The SMILES string of the molecule is O=C(Cn1c2ccccc2c2nc3n(c(=O)c21)CCCS3)NCc1ccc(Cl)cc1. The van der Waals surface area contributed by atoms with Gasteiger partial charge in [0.2, 0.25) is 5.91 Å². The van der Waals surface area contributed by atoms with Crippen molar-refractivity contribution >= 4 is 51.2 Å². The molecule has 0 atom stereocenters. The smallest absolute Gasteiger partial charge is 0.278 e. The van der Waals surface area contributed by atoms with Crippen LogP contribution in [0.1, 0.15) is 12.0 Å². The Morgan fingerprint density at radius 1 is 1.17 bits per heavy atom. The Kier molecular flexibility index (Phi) is 5.00. The maximum atomic E-state index is 13.3. The van der Waals surface area contributed by atoms with E-state index in [0.717, 1.165) is 33.8 Å². The summed E-state index contributed by atoms with van der Waals surface area (Å²) in [5.74, 6) is 0.799. The number of nitrogens with zero attached hydrogens (tertiary/aromatic N) is 3. The lowest BCUT2D eigenvalue weighted by molar-refractivity contribution is -0.121. The predicted octanol–water partition coefficient (Wildman–Crippen LogP) is 3.82. The highest BCUT2D eigenvalue weighted by atomic mass is 35.5. The Morgan fingerprint density at radius 2 is 1.97 bits per heavy atom. The highest BCUT2D eigenvalue weighted by Gasteiger charge is 2.22. The summed E-state index contributed by atoms with van der Waals surface area (Å²) in [6.07, 6.45) is 0.937. The van der Waals surface area contributed by atoms with Crippen LogP contribution in [0.5, 0.6) is 0 Å². The number of rotatable bonds is 4. The third-order valence-electron chi connectivity index (χ3n) is 5.29. The minimum absolute atomic E-state index is 0.0566. The topological polar surface area (TPSA) is 68.9 Å². The summed E-state index contributed by atoms with van der Waals surface area (Å²) in [4.78, 5) is 30.8. The minimum atomic E-state index is -0.163. The van der Waals surface area contributed by atoms with Crippen LogP contribution in [0.25, 0.3) is 21.9 Å². The Hall–Kier alpha value is -2.77. The van der Waals surface area contributed by atoms with Gasteiger partial charge >= 0.3 is 0 Å². The second kappa shape index (κ2) is 7.81. The third kappa shape index (κ3) is 3.38. The van der Waals surface area contributed by atoms with E-state index >= 15 is 0 Å².